The minimum atomic E-state index is -0.357. The average molecular weight is 454 g/mol. The van der Waals surface area contributed by atoms with Crippen molar-refractivity contribution < 1.29 is 13.9 Å². The third-order valence-corrected chi connectivity index (χ3v) is 5.96. The van der Waals surface area contributed by atoms with Crippen molar-refractivity contribution in [1.82, 2.24) is 19.8 Å². The van der Waals surface area contributed by atoms with Crippen LogP contribution in [0, 0.1) is 11.7 Å². The Morgan fingerprint density at radius 3 is 2.97 bits per heavy atom. The molecule has 164 valence electrons. The van der Waals surface area contributed by atoms with Crippen molar-refractivity contribution in [3.05, 3.63) is 53.3 Å². The Balaban J connectivity index is 1.67. The molecule has 2 aromatic carbocycles. The number of rotatable bonds is 4. The van der Waals surface area contributed by atoms with Gasteiger partial charge in [-0.05, 0) is 50.1 Å². The van der Waals surface area contributed by atoms with E-state index in [1.165, 1.54) is 12.1 Å². The lowest BCUT2D eigenvalue weighted by Gasteiger charge is -2.33. The highest BCUT2D eigenvalue weighted by atomic mass is 35.5. The highest BCUT2D eigenvalue weighted by molar-refractivity contribution is 6.31. The standard InChI is InChI=1S/C23H21ClFN5O2/c1-2-32-23(31)15-6-4-10-29(13-15)21-18-12-16(24)8-9-19(18)30-22(26-21)20(27-28-30)14-5-3-7-17(25)11-14/h3,5,7-9,11-12,15H,2,4,6,10,13H2,1H3. The zero-order valence-electron chi connectivity index (χ0n) is 17.5. The van der Waals surface area contributed by atoms with Crippen molar-refractivity contribution in [3.8, 4) is 11.3 Å². The summed E-state index contributed by atoms with van der Waals surface area (Å²) in [6.07, 6.45) is 1.62. The van der Waals surface area contributed by atoms with Gasteiger partial charge in [0.15, 0.2) is 5.65 Å². The topological polar surface area (TPSA) is 72.6 Å². The first kappa shape index (κ1) is 20.6. The first-order valence-corrected chi connectivity index (χ1v) is 10.9. The number of hydrogen-bond donors (Lipinski definition) is 0. The van der Waals surface area contributed by atoms with Crippen LogP contribution >= 0.6 is 11.6 Å². The van der Waals surface area contributed by atoms with Crippen LogP contribution in [-0.2, 0) is 9.53 Å². The number of benzene rings is 2. The van der Waals surface area contributed by atoms with Crippen molar-refractivity contribution in [1.29, 1.82) is 0 Å². The predicted molar refractivity (Wildman–Crippen MR) is 120 cm³/mol. The normalized spacial score (nSPS) is 16.6. The van der Waals surface area contributed by atoms with Gasteiger partial charge in [-0.15, -0.1) is 5.10 Å². The van der Waals surface area contributed by atoms with E-state index in [1.54, 1.807) is 22.7 Å². The molecule has 1 aliphatic rings. The second-order valence-corrected chi connectivity index (χ2v) is 8.25. The summed E-state index contributed by atoms with van der Waals surface area (Å²) < 4.78 is 20.8. The second kappa shape index (κ2) is 8.35. The van der Waals surface area contributed by atoms with E-state index >= 15 is 0 Å². The van der Waals surface area contributed by atoms with E-state index in [-0.39, 0.29) is 17.7 Å². The molecule has 5 rings (SSSR count). The third-order valence-electron chi connectivity index (χ3n) is 5.72. The molecule has 0 amide bonds. The van der Waals surface area contributed by atoms with E-state index < -0.39 is 0 Å². The molecule has 1 saturated heterocycles. The van der Waals surface area contributed by atoms with E-state index in [1.807, 2.05) is 19.1 Å². The van der Waals surface area contributed by atoms with Gasteiger partial charge in [0, 0.05) is 29.1 Å². The first-order chi connectivity index (χ1) is 15.5. The van der Waals surface area contributed by atoms with Crippen molar-refractivity contribution in [2.24, 2.45) is 5.92 Å². The second-order valence-electron chi connectivity index (χ2n) is 7.82. The minimum Gasteiger partial charge on any atom is -0.466 e. The maximum absolute atomic E-state index is 13.9. The lowest BCUT2D eigenvalue weighted by atomic mass is 9.98. The van der Waals surface area contributed by atoms with Crippen molar-refractivity contribution in [2.75, 3.05) is 24.6 Å². The molecular formula is C23H21ClFN5O2. The van der Waals surface area contributed by atoms with Crippen LogP contribution in [0.15, 0.2) is 42.5 Å². The van der Waals surface area contributed by atoms with Gasteiger partial charge >= 0.3 is 5.97 Å². The maximum atomic E-state index is 13.9. The van der Waals surface area contributed by atoms with Gasteiger partial charge < -0.3 is 9.64 Å². The van der Waals surface area contributed by atoms with Crippen molar-refractivity contribution >= 4 is 39.9 Å². The predicted octanol–water partition coefficient (Wildman–Crippen LogP) is 4.52. The number of esters is 1. The van der Waals surface area contributed by atoms with Gasteiger partial charge in [0.1, 0.15) is 17.3 Å². The molecule has 1 aliphatic heterocycles. The van der Waals surface area contributed by atoms with Crippen LogP contribution in [0.2, 0.25) is 5.02 Å². The van der Waals surface area contributed by atoms with E-state index in [9.17, 15) is 9.18 Å². The van der Waals surface area contributed by atoms with E-state index in [0.29, 0.717) is 40.9 Å². The smallest absolute Gasteiger partial charge is 0.310 e. The number of halogens is 2. The van der Waals surface area contributed by atoms with Crippen LogP contribution in [0.4, 0.5) is 10.2 Å². The summed E-state index contributed by atoms with van der Waals surface area (Å²) in [5.74, 6) is -0.0672. The SMILES string of the molecule is CCOC(=O)C1CCCN(c2nc3c(-c4cccc(F)c4)nnn3c3ccc(Cl)cc23)C1. The molecule has 0 N–H and O–H groups in total. The van der Waals surface area contributed by atoms with Crippen LogP contribution in [-0.4, -0.2) is 45.5 Å². The van der Waals surface area contributed by atoms with E-state index in [4.69, 9.17) is 21.3 Å². The quantitative estimate of drug-likeness (QED) is 0.423. The molecule has 1 fully saturated rings. The number of nitrogens with zero attached hydrogens (tertiary/aromatic N) is 5. The number of fused-ring (bicyclic) bond motifs is 3. The van der Waals surface area contributed by atoms with Gasteiger partial charge in [0.05, 0.1) is 18.0 Å². The maximum Gasteiger partial charge on any atom is 0.310 e. The van der Waals surface area contributed by atoms with Crippen LogP contribution in [0.3, 0.4) is 0 Å². The summed E-state index contributed by atoms with van der Waals surface area (Å²) in [5.41, 5.74) is 2.37. The van der Waals surface area contributed by atoms with Crippen LogP contribution < -0.4 is 4.90 Å². The monoisotopic (exact) mass is 453 g/mol. The molecule has 0 bridgehead atoms. The number of ether oxygens (including phenoxy) is 1. The average Bonchev–Trinajstić information content (AvgIpc) is 3.23. The Morgan fingerprint density at radius 2 is 2.16 bits per heavy atom. The molecule has 32 heavy (non-hydrogen) atoms. The molecular weight excluding hydrogens is 433 g/mol. The third kappa shape index (κ3) is 3.64. The molecule has 1 unspecified atom stereocenters. The molecule has 1 atom stereocenters. The number of aromatic nitrogens is 4. The van der Waals surface area contributed by atoms with Crippen LogP contribution in [0.25, 0.3) is 27.8 Å². The van der Waals surface area contributed by atoms with Gasteiger partial charge in [0.2, 0.25) is 0 Å². The number of carbonyl (C=O) groups is 1. The Morgan fingerprint density at radius 1 is 1.28 bits per heavy atom. The fourth-order valence-electron chi connectivity index (χ4n) is 4.26. The highest BCUT2D eigenvalue weighted by Gasteiger charge is 2.29. The van der Waals surface area contributed by atoms with Crippen LogP contribution in [0.5, 0.6) is 0 Å². The number of piperidine rings is 1. The summed E-state index contributed by atoms with van der Waals surface area (Å²) in [6.45, 7) is 3.42. The fourth-order valence-corrected chi connectivity index (χ4v) is 4.43. The summed E-state index contributed by atoms with van der Waals surface area (Å²) in [5, 5.41) is 9.96. The van der Waals surface area contributed by atoms with Gasteiger partial charge in [-0.2, -0.15) is 4.52 Å². The molecule has 0 saturated carbocycles. The van der Waals surface area contributed by atoms with Gasteiger partial charge in [-0.3, -0.25) is 4.79 Å². The minimum absolute atomic E-state index is 0.188. The van der Waals surface area contributed by atoms with Crippen LogP contribution in [0.1, 0.15) is 19.8 Å². The number of hydrogen-bond acceptors (Lipinski definition) is 6. The van der Waals surface area contributed by atoms with Gasteiger partial charge in [-0.1, -0.05) is 28.9 Å². The Bertz CT molecular complexity index is 1320. The van der Waals surface area contributed by atoms with Gasteiger partial charge in [0.25, 0.3) is 0 Å². The summed E-state index contributed by atoms with van der Waals surface area (Å²) in [7, 11) is 0. The zero-order chi connectivity index (χ0) is 22.2. The zero-order valence-corrected chi connectivity index (χ0v) is 18.2. The van der Waals surface area contributed by atoms with Crippen molar-refractivity contribution in [2.45, 2.75) is 19.8 Å². The molecule has 0 aliphatic carbocycles. The summed E-state index contributed by atoms with van der Waals surface area (Å²) in [4.78, 5) is 19.4. The lowest BCUT2D eigenvalue weighted by Crippen LogP contribution is -2.40. The molecule has 0 radical (unpaired) electrons. The number of carbonyl (C=O) groups excluding carboxylic acids is 1. The molecule has 3 heterocycles. The molecule has 9 heteroatoms. The molecule has 0 spiro atoms. The highest BCUT2D eigenvalue weighted by Crippen LogP contribution is 2.33. The number of anilines is 1. The largest absolute Gasteiger partial charge is 0.466 e. The Hall–Kier alpha value is -3.26. The van der Waals surface area contributed by atoms with Gasteiger partial charge in [-0.25, -0.2) is 9.37 Å². The Labute approximate surface area is 188 Å². The van der Waals surface area contributed by atoms with E-state index in [2.05, 4.69) is 15.2 Å². The Kier molecular flexibility index (Phi) is 5.38. The first-order valence-electron chi connectivity index (χ1n) is 10.6. The summed E-state index contributed by atoms with van der Waals surface area (Å²) in [6, 6.07) is 11.7. The molecule has 7 nitrogen and oxygen atoms in total. The van der Waals surface area contributed by atoms with E-state index in [0.717, 1.165) is 30.3 Å². The molecule has 4 aromatic rings. The van der Waals surface area contributed by atoms with Crippen molar-refractivity contribution in [3.63, 3.8) is 0 Å². The fraction of sp³-hybridized carbons (Fsp3) is 0.304. The lowest BCUT2D eigenvalue weighted by molar-refractivity contribution is -0.148. The summed E-state index contributed by atoms with van der Waals surface area (Å²) >= 11 is 6.31. The molecule has 2 aromatic heterocycles.